The van der Waals surface area contributed by atoms with Crippen LogP contribution in [0.1, 0.15) is 58.5 Å². The Balaban J connectivity index is 2.09. The molecule has 0 atom stereocenters. The highest BCUT2D eigenvalue weighted by atomic mass is 16.6. The summed E-state index contributed by atoms with van der Waals surface area (Å²) in [5.41, 5.74) is 2.96. The monoisotopic (exact) mass is 310 g/mol. The highest BCUT2D eigenvalue weighted by Gasteiger charge is 2.15. The number of carbonyl (C=O) groups excluding carboxylic acids is 2. The van der Waals surface area contributed by atoms with E-state index in [-0.39, 0.29) is 0 Å². The van der Waals surface area contributed by atoms with E-state index in [9.17, 15) is 9.59 Å². The van der Waals surface area contributed by atoms with Gasteiger partial charge in [-0.15, -0.1) is 0 Å². The molecule has 2 aromatic carbocycles. The van der Waals surface area contributed by atoms with E-state index in [2.05, 4.69) is 13.8 Å². The van der Waals surface area contributed by atoms with Crippen LogP contribution in [0.25, 0.3) is 0 Å². The maximum absolute atomic E-state index is 12.2. The Bertz CT molecular complexity index is 629. The van der Waals surface area contributed by atoms with Crippen LogP contribution in [0.2, 0.25) is 0 Å². The summed E-state index contributed by atoms with van der Waals surface area (Å²) in [7, 11) is 0. The number of esters is 2. The van der Waals surface area contributed by atoms with Gasteiger partial charge in [-0.05, 0) is 48.2 Å². The fourth-order valence-electron chi connectivity index (χ4n) is 2.49. The zero-order valence-electron chi connectivity index (χ0n) is 13.7. The normalized spacial score (nSPS) is 10.3. The fourth-order valence-corrected chi connectivity index (χ4v) is 2.49. The summed E-state index contributed by atoms with van der Waals surface area (Å²) < 4.78 is 5.01. The van der Waals surface area contributed by atoms with Crippen LogP contribution >= 0.6 is 0 Å². The van der Waals surface area contributed by atoms with Crippen molar-refractivity contribution in [1.29, 1.82) is 0 Å². The summed E-state index contributed by atoms with van der Waals surface area (Å²) in [6.45, 7) is 4.16. The van der Waals surface area contributed by atoms with Gasteiger partial charge >= 0.3 is 11.9 Å². The van der Waals surface area contributed by atoms with Gasteiger partial charge in [0, 0.05) is 0 Å². The largest absolute Gasteiger partial charge is 0.386 e. The van der Waals surface area contributed by atoms with E-state index >= 15 is 0 Å². The second kappa shape index (κ2) is 8.28. The predicted molar refractivity (Wildman–Crippen MR) is 90.6 cm³/mol. The predicted octanol–water partition coefficient (Wildman–Crippen LogP) is 4.59. The molecule has 120 valence electrons. The van der Waals surface area contributed by atoms with Gasteiger partial charge in [-0.2, -0.15) is 0 Å². The molecule has 0 aliphatic carbocycles. The number of rotatable bonds is 6. The fraction of sp³-hybridized carbons (Fsp3) is 0.300. The molecule has 0 saturated carbocycles. The zero-order chi connectivity index (χ0) is 16.7. The molecule has 3 heteroatoms. The minimum atomic E-state index is -0.603. The van der Waals surface area contributed by atoms with Crippen molar-refractivity contribution in [3.05, 3.63) is 70.8 Å². The highest BCUT2D eigenvalue weighted by molar-refractivity contribution is 6.02. The third-order valence-corrected chi connectivity index (χ3v) is 3.59. The van der Waals surface area contributed by atoms with E-state index in [0.717, 1.165) is 36.8 Å². The summed E-state index contributed by atoms with van der Waals surface area (Å²) >= 11 is 0. The second-order valence-corrected chi connectivity index (χ2v) is 5.58. The molecule has 0 fully saturated rings. The van der Waals surface area contributed by atoms with Gasteiger partial charge in [0.1, 0.15) is 0 Å². The van der Waals surface area contributed by atoms with Crippen LogP contribution in [-0.2, 0) is 17.6 Å². The van der Waals surface area contributed by atoms with Gasteiger partial charge in [-0.25, -0.2) is 9.59 Å². The SMILES string of the molecule is CCCc1cccc(C(=O)OC(=O)c2cccc(CCC)c2)c1. The number of hydrogen-bond donors (Lipinski definition) is 0. The molecular formula is C20H22O3. The van der Waals surface area contributed by atoms with E-state index in [0.29, 0.717) is 11.1 Å². The van der Waals surface area contributed by atoms with Crippen molar-refractivity contribution in [3.8, 4) is 0 Å². The second-order valence-electron chi connectivity index (χ2n) is 5.58. The number of benzene rings is 2. The van der Waals surface area contributed by atoms with Gasteiger partial charge < -0.3 is 4.74 Å². The topological polar surface area (TPSA) is 43.4 Å². The minimum Gasteiger partial charge on any atom is -0.386 e. The van der Waals surface area contributed by atoms with Crippen molar-refractivity contribution in [3.63, 3.8) is 0 Å². The number of hydrogen-bond acceptors (Lipinski definition) is 3. The van der Waals surface area contributed by atoms with Gasteiger partial charge in [0.15, 0.2) is 0 Å². The van der Waals surface area contributed by atoms with Crippen molar-refractivity contribution in [2.75, 3.05) is 0 Å². The van der Waals surface area contributed by atoms with Crippen molar-refractivity contribution in [1.82, 2.24) is 0 Å². The molecule has 0 bridgehead atoms. The molecule has 0 spiro atoms. The summed E-state index contributed by atoms with van der Waals surface area (Å²) in [6.07, 6.45) is 3.80. The lowest BCUT2D eigenvalue weighted by Crippen LogP contribution is -2.13. The summed E-state index contributed by atoms with van der Waals surface area (Å²) in [6, 6.07) is 14.5. The Morgan fingerprint density at radius 2 is 1.22 bits per heavy atom. The van der Waals surface area contributed by atoms with Gasteiger partial charge in [-0.1, -0.05) is 51.0 Å². The summed E-state index contributed by atoms with van der Waals surface area (Å²) in [5.74, 6) is -1.21. The first-order chi connectivity index (χ1) is 11.1. The zero-order valence-corrected chi connectivity index (χ0v) is 13.7. The third kappa shape index (κ3) is 4.78. The van der Waals surface area contributed by atoms with Crippen molar-refractivity contribution in [2.45, 2.75) is 39.5 Å². The molecule has 2 aromatic rings. The maximum atomic E-state index is 12.2. The Morgan fingerprint density at radius 3 is 1.61 bits per heavy atom. The molecule has 0 N–H and O–H groups in total. The summed E-state index contributed by atoms with van der Waals surface area (Å²) in [5, 5.41) is 0. The van der Waals surface area contributed by atoms with Crippen LogP contribution in [0.15, 0.2) is 48.5 Å². The van der Waals surface area contributed by atoms with Gasteiger partial charge in [0.25, 0.3) is 0 Å². The first-order valence-corrected chi connectivity index (χ1v) is 8.08. The van der Waals surface area contributed by atoms with E-state index in [1.165, 1.54) is 0 Å². The van der Waals surface area contributed by atoms with Crippen LogP contribution < -0.4 is 0 Å². The molecule has 3 nitrogen and oxygen atoms in total. The Kier molecular flexibility index (Phi) is 6.10. The molecule has 0 aromatic heterocycles. The molecule has 2 rings (SSSR count). The van der Waals surface area contributed by atoms with E-state index in [1.807, 2.05) is 24.3 Å². The number of ether oxygens (including phenoxy) is 1. The van der Waals surface area contributed by atoms with Crippen LogP contribution in [-0.4, -0.2) is 11.9 Å². The van der Waals surface area contributed by atoms with E-state index in [4.69, 9.17) is 4.74 Å². The average Bonchev–Trinajstić information content (AvgIpc) is 2.56. The van der Waals surface area contributed by atoms with Crippen LogP contribution in [0, 0.1) is 0 Å². The van der Waals surface area contributed by atoms with Crippen LogP contribution in [0.3, 0.4) is 0 Å². The molecule has 0 unspecified atom stereocenters. The average molecular weight is 310 g/mol. The minimum absolute atomic E-state index is 0.411. The molecule has 0 amide bonds. The van der Waals surface area contributed by atoms with Crippen molar-refractivity contribution >= 4 is 11.9 Å². The maximum Gasteiger partial charge on any atom is 0.346 e. The smallest absolute Gasteiger partial charge is 0.346 e. The Morgan fingerprint density at radius 1 is 0.783 bits per heavy atom. The van der Waals surface area contributed by atoms with E-state index in [1.54, 1.807) is 24.3 Å². The van der Waals surface area contributed by atoms with E-state index < -0.39 is 11.9 Å². The molecule has 0 saturated heterocycles. The molecule has 0 aliphatic rings. The quantitative estimate of drug-likeness (QED) is 0.579. The number of carbonyl (C=O) groups is 2. The molecule has 0 aliphatic heterocycles. The van der Waals surface area contributed by atoms with Crippen LogP contribution in [0.5, 0.6) is 0 Å². The molecule has 0 radical (unpaired) electrons. The number of aryl methyl sites for hydroxylation is 2. The standard InChI is InChI=1S/C20H22O3/c1-3-7-15-9-5-11-17(13-15)19(21)23-20(22)18-12-6-10-16(14-18)8-4-2/h5-6,9-14H,3-4,7-8H2,1-2H3. The van der Waals surface area contributed by atoms with Crippen molar-refractivity contribution in [2.24, 2.45) is 0 Å². The van der Waals surface area contributed by atoms with Crippen LogP contribution in [0.4, 0.5) is 0 Å². The van der Waals surface area contributed by atoms with Gasteiger partial charge in [-0.3, -0.25) is 0 Å². The first-order valence-electron chi connectivity index (χ1n) is 8.08. The Labute approximate surface area is 137 Å². The molecule has 23 heavy (non-hydrogen) atoms. The first kappa shape index (κ1) is 16.9. The summed E-state index contributed by atoms with van der Waals surface area (Å²) in [4.78, 5) is 24.3. The Hall–Kier alpha value is -2.42. The van der Waals surface area contributed by atoms with Crippen molar-refractivity contribution < 1.29 is 14.3 Å². The third-order valence-electron chi connectivity index (χ3n) is 3.59. The lowest BCUT2D eigenvalue weighted by atomic mass is 10.1. The molecular weight excluding hydrogens is 288 g/mol. The highest BCUT2D eigenvalue weighted by Crippen LogP contribution is 2.12. The lowest BCUT2D eigenvalue weighted by molar-refractivity contribution is 0.0397. The van der Waals surface area contributed by atoms with Gasteiger partial charge in [0.05, 0.1) is 11.1 Å². The lowest BCUT2D eigenvalue weighted by Gasteiger charge is -2.06. The molecule has 0 heterocycles. The van der Waals surface area contributed by atoms with Gasteiger partial charge in [0.2, 0.25) is 0 Å².